The number of carbonyl (C=O) groups excluding carboxylic acids is 1. The lowest BCUT2D eigenvalue weighted by Crippen LogP contribution is -2.52. The van der Waals surface area contributed by atoms with E-state index in [1.54, 1.807) is 7.11 Å². The molecule has 0 spiro atoms. The van der Waals surface area contributed by atoms with E-state index < -0.39 is 0 Å². The Kier molecular flexibility index (Phi) is 3.40. The molecule has 2 aliphatic heterocycles. The smallest absolute Gasteiger partial charge is 0.246 e. The van der Waals surface area contributed by atoms with E-state index in [0.717, 1.165) is 30.9 Å². The van der Waals surface area contributed by atoms with Gasteiger partial charge in [0.1, 0.15) is 11.8 Å². The van der Waals surface area contributed by atoms with E-state index in [1.807, 2.05) is 23.1 Å². The first-order valence-electron chi connectivity index (χ1n) is 6.59. The van der Waals surface area contributed by atoms with Gasteiger partial charge < -0.3 is 19.7 Å². The lowest BCUT2D eigenvalue weighted by molar-refractivity contribution is -0.123. The van der Waals surface area contributed by atoms with Crippen LogP contribution in [0.2, 0.25) is 0 Å². The first-order chi connectivity index (χ1) is 9.29. The summed E-state index contributed by atoms with van der Waals surface area (Å²) >= 11 is 0. The molecule has 5 heteroatoms. The van der Waals surface area contributed by atoms with Crippen molar-refractivity contribution in [3.8, 4) is 5.75 Å². The summed E-state index contributed by atoms with van der Waals surface area (Å²) in [5, 5.41) is 3.21. The maximum atomic E-state index is 12.5. The number of ether oxygens (including phenoxy) is 2. The van der Waals surface area contributed by atoms with Crippen LogP contribution in [0.15, 0.2) is 18.2 Å². The zero-order valence-corrected chi connectivity index (χ0v) is 11.0. The van der Waals surface area contributed by atoms with Crippen molar-refractivity contribution in [2.45, 2.75) is 12.5 Å². The molecule has 1 saturated heterocycles. The van der Waals surface area contributed by atoms with Gasteiger partial charge in [-0.3, -0.25) is 4.79 Å². The summed E-state index contributed by atoms with van der Waals surface area (Å²) in [5.41, 5.74) is 2.17. The van der Waals surface area contributed by atoms with Gasteiger partial charge in [-0.2, -0.15) is 0 Å². The summed E-state index contributed by atoms with van der Waals surface area (Å²) in [7, 11) is 1.66. The second-order valence-corrected chi connectivity index (χ2v) is 4.82. The molecule has 2 heterocycles. The molecule has 0 saturated carbocycles. The Morgan fingerprint density at radius 3 is 3.16 bits per heavy atom. The van der Waals surface area contributed by atoms with Crippen molar-refractivity contribution in [1.29, 1.82) is 0 Å². The Morgan fingerprint density at radius 2 is 2.42 bits per heavy atom. The molecule has 5 nitrogen and oxygen atoms in total. The Hall–Kier alpha value is -1.59. The summed E-state index contributed by atoms with van der Waals surface area (Å²) in [4.78, 5) is 14.3. The van der Waals surface area contributed by atoms with Crippen molar-refractivity contribution < 1.29 is 14.3 Å². The summed E-state index contributed by atoms with van der Waals surface area (Å²) < 4.78 is 10.6. The summed E-state index contributed by atoms with van der Waals surface area (Å²) in [6, 6.07) is 5.65. The zero-order valence-electron chi connectivity index (χ0n) is 11.0. The molecule has 1 aromatic carbocycles. The minimum absolute atomic E-state index is 0.101. The second-order valence-electron chi connectivity index (χ2n) is 4.82. The van der Waals surface area contributed by atoms with E-state index in [4.69, 9.17) is 9.47 Å². The number of carbonyl (C=O) groups is 1. The van der Waals surface area contributed by atoms with Crippen LogP contribution in [-0.4, -0.2) is 45.4 Å². The number of fused-ring (bicyclic) bond motifs is 1. The predicted molar refractivity (Wildman–Crippen MR) is 71.7 cm³/mol. The minimum atomic E-state index is -0.221. The van der Waals surface area contributed by atoms with E-state index in [9.17, 15) is 4.79 Å². The minimum Gasteiger partial charge on any atom is -0.497 e. The topological polar surface area (TPSA) is 50.8 Å². The van der Waals surface area contributed by atoms with Crippen LogP contribution in [0.25, 0.3) is 0 Å². The third-order valence-electron chi connectivity index (χ3n) is 3.67. The fraction of sp³-hybridized carbons (Fsp3) is 0.500. The number of anilines is 1. The van der Waals surface area contributed by atoms with Gasteiger partial charge in [0.05, 0.1) is 20.3 Å². The average Bonchev–Trinajstić information content (AvgIpc) is 2.90. The normalized spacial score (nSPS) is 22.2. The number of nitrogens with one attached hydrogen (secondary N) is 1. The number of amides is 1. The molecule has 102 valence electrons. The quantitative estimate of drug-likeness (QED) is 0.846. The first kappa shape index (κ1) is 12.4. The van der Waals surface area contributed by atoms with Gasteiger partial charge in [-0.25, -0.2) is 0 Å². The molecule has 0 radical (unpaired) electrons. The Morgan fingerprint density at radius 1 is 1.53 bits per heavy atom. The van der Waals surface area contributed by atoms with Gasteiger partial charge in [-0.1, -0.05) is 0 Å². The van der Waals surface area contributed by atoms with E-state index in [0.29, 0.717) is 13.2 Å². The fourth-order valence-corrected chi connectivity index (χ4v) is 2.65. The molecule has 0 bridgehead atoms. The summed E-state index contributed by atoms with van der Waals surface area (Å²) in [6.45, 7) is 2.61. The van der Waals surface area contributed by atoms with Crippen molar-refractivity contribution >= 4 is 11.6 Å². The number of hydrogen-bond donors (Lipinski definition) is 1. The standard InChI is InChI=1S/C14H18N2O3/c1-18-11-2-3-13-10(8-11)4-6-16(13)14(17)12-9-19-7-5-15-12/h2-3,8,12,15H,4-7,9H2,1H3. The SMILES string of the molecule is COc1ccc2c(c1)CCN2C(=O)C1COCCN1. The van der Waals surface area contributed by atoms with Crippen molar-refractivity contribution in [2.24, 2.45) is 0 Å². The number of morpholine rings is 1. The van der Waals surface area contributed by atoms with Crippen LogP contribution in [0, 0.1) is 0 Å². The highest BCUT2D eigenvalue weighted by molar-refractivity contribution is 5.99. The third-order valence-corrected chi connectivity index (χ3v) is 3.67. The van der Waals surface area contributed by atoms with Gasteiger partial charge in [0.2, 0.25) is 5.91 Å². The van der Waals surface area contributed by atoms with Gasteiger partial charge in [-0.05, 0) is 30.2 Å². The number of methoxy groups -OCH3 is 1. The molecule has 1 amide bonds. The molecule has 19 heavy (non-hydrogen) atoms. The number of rotatable bonds is 2. The van der Waals surface area contributed by atoms with Gasteiger partial charge >= 0.3 is 0 Å². The fourth-order valence-electron chi connectivity index (χ4n) is 2.65. The zero-order chi connectivity index (χ0) is 13.2. The third kappa shape index (κ3) is 2.31. The molecule has 1 fully saturated rings. The lowest BCUT2D eigenvalue weighted by Gasteiger charge is -2.27. The highest BCUT2D eigenvalue weighted by Gasteiger charge is 2.31. The molecular formula is C14H18N2O3. The molecule has 1 aromatic rings. The predicted octanol–water partition coefficient (Wildman–Crippen LogP) is 0.573. The van der Waals surface area contributed by atoms with E-state index in [1.165, 1.54) is 5.56 Å². The van der Waals surface area contributed by atoms with Crippen LogP contribution in [0.4, 0.5) is 5.69 Å². The van der Waals surface area contributed by atoms with Crippen LogP contribution in [0.3, 0.4) is 0 Å². The van der Waals surface area contributed by atoms with E-state index in [2.05, 4.69) is 5.32 Å². The number of nitrogens with zero attached hydrogens (tertiary/aromatic N) is 1. The molecule has 0 aromatic heterocycles. The molecule has 1 atom stereocenters. The van der Waals surface area contributed by atoms with Crippen LogP contribution in [0.5, 0.6) is 5.75 Å². The summed E-state index contributed by atoms with van der Waals surface area (Å²) in [5.74, 6) is 0.941. The van der Waals surface area contributed by atoms with Crippen molar-refractivity contribution in [3.63, 3.8) is 0 Å². The largest absolute Gasteiger partial charge is 0.497 e. The molecule has 2 aliphatic rings. The molecule has 0 aliphatic carbocycles. The summed E-state index contributed by atoms with van der Waals surface area (Å²) in [6.07, 6.45) is 0.881. The maximum absolute atomic E-state index is 12.5. The first-order valence-corrected chi connectivity index (χ1v) is 6.59. The highest BCUT2D eigenvalue weighted by Crippen LogP contribution is 2.31. The van der Waals surface area contributed by atoms with Crippen LogP contribution in [0.1, 0.15) is 5.56 Å². The van der Waals surface area contributed by atoms with Crippen molar-refractivity contribution in [1.82, 2.24) is 5.32 Å². The van der Waals surface area contributed by atoms with Crippen molar-refractivity contribution in [3.05, 3.63) is 23.8 Å². The number of benzene rings is 1. The van der Waals surface area contributed by atoms with Gasteiger partial charge in [0.15, 0.2) is 0 Å². The Bertz CT molecular complexity index is 484. The van der Waals surface area contributed by atoms with E-state index >= 15 is 0 Å². The second kappa shape index (κ2) is 5.19. The Labute approximate surface area is 112 Å². The van der Waals surface area contributed by atoms with Crippen LogP contribution < -0.4 is 15.0 Å². The van der Waals surface area contributed by atoms with Gasteiger partial charge in [0.25, 0.3) is 0 Å². The average molecular weight is 262 g/mol. The molecule has 1 unspecified atom stereocenters. The van der Waals surface area contributed by atoms with E-state index in [-0.39, 0.29) is 11.9 Å². The van der Waals surface area contributed by atoms with Crippen LogP contribution in [-0.2, 0) is 16.0 Å². The van der Waals surface area contributed by atoms with Crippen LogP contribution >= 0.6 is 0 Å². The lowest BCUT2D eigenvalue weighted by atomic mass is 10.1. The van der Waals surface area contributed by atoms with Gasteiger partial charge in [0, 0.05) is 18.8 Å². The van der Waals surface area contributed by atoms with Gasteiger partial charge in [-0.15, -0.1) is 0 Å². The highest BCUT2D eigenvalue weighted by atomic mass is 16.5. The molecular weight excluding hydrogens is 244 g/mol. The molecule has 3 rings (SSSR count). The molecule has 1 N–H and O–H groups in total. The monoisotopic (exact) mass is 262 g/mol. The maximum Gasteiger partial charge on any atom is 0.246 e. The van der Waals surface area contributed by atoms with Crippen molar-refractivity contribution in [2.75, 3.05) is 38.3 Å². The number of hydrogen-bond acceptors (Lipinski definition) is 4. The Balaban J connectivity index is 1.79.